The molecule has 0 heterocycles. The minimum absolute atomic E-state index is 0.151. The second kappa shape index (κ2) is 6.73. The van der Waals surface area contributed by atoms with Crippen molar-refractivity contribution in [3.05, 3.63) is 64.4 Å². The monoisotopic (exact) mass is 293 g/mol. The van der Waals surface area contributed by atoms with Gasteiger partial charge in [0.2, 0.25) is 0 Å². The molecule has 1 unspecified atom stereocenters. The number of benzene rings is 2. The normalized spacial score (nSPS) is 12.2. The molecule has 0 saturated heterocycles. The lowest BCUT2D eigenvalue weighted by Gasteiger charge is -2.15. The van der Waals surface area contributed by atoms with E-state index in [1.807, 2.05) is 24.3 Å². The van der Waals surface area contributed by atoms with Crippen molar-refractivity contribution in [3.8, 4) is 5.75 Å². The summed E-state index contributed by atoms with van der Waals surface area (Å²) >= 11 is 5.77. The lowest BCUT2D eigenvalue weighted by atomic mass is 10.1. The predicted molar refractivity (Wildman–Crippen MR) is 79.7 cm³/mol. The van der Waals surface area contributed by atoms with Crippen LogP contribution in [0.3, 0.4) is 0 Å². The Morgan fingerprint density at radius 3 is 2.75 bits per heavy atom. The summed E-state index contributed by atoms with van der Waals surface area (Å²) < 4.78 is 18.3. The Labute approximate surface area is 123 Å². The topological polar surface area (TPSA) is 21.3 Å². The summed E-state index contributed by atoms with van der Waals surface area (Å²) in [5, 5.41) is 3.53. The summed E-state index contributed by atoms with van der Waals surface area (Å²) in [5.41, 5.74) is 2.09. The summed E-state index contributed by atoms with van der Waals surface area (Å²) in [6, 6.07) is 12.8. The molecule has 0 aromatic heterocycles. The van der Waals surface area contributed by atoms with Crippen LogP contribution in [0.5, 0.6) is 5.75 Å². The fourth-order valence-corrected chi connectivity index (χ4v) is 2.15. The van der Waals surface area contributed by atoms with Crippen LogP contribution >= 0.6 is 11.6 Å². The smallest absolute Gasteiger partial charge is 0.141 e. The maximum absolute atomic E-state index is 13.1. The van der Waals surface area contributed by atoms with Crippen molar-refractivity contribution < 1.29 is 9.13 Å². The van der Waals surface area contributed by atoms with Crippen LogP contribution in [0.2, 0.25) is 5.02 Å². The highest BCUT2D eigenvalue weighted by molar-refractivity contribution is 6.30. The first-order valence-electron chi connectivity index (χ1n) is 6.41. The minimum atomic E-state index is -0.392. The van der Waals surface area contributed by atoms with Crippen LogP contribution in [0, 0.1) is 5.82 Å². The van der Waals surface area contributed by atoms with E-state index in [0.717, 1.165) is 16.9 Å². The van der Waals surface area contributed by atoms with Gasteiger partial charge >= 0.3 is 0 Å². The maximum Gasteiger partial charge on any atom is 0.141 e. The van der Waals surface area contributed by atoms with Gasteiger partial charge in [-0.05, 0) is 42.3 Å². The highest BCUT2D eigenvalue weighted by Crippen LogP contribution is 2.20. The Morgan fingerprint density at radius 1 is 1.25 bits per heavy atom. The van der Waals surface area contributed by atoms with Gasteiger partial charge in [0.1, 0.15) is 11.6 Å². The molecule has 0 aliphatic rings. The number of hydrogen-bond donors (Lipinski definition) is 1. The van der Waals surface area contributed by atoms with Crippen LogP contribution in [0.15, 0.2) is 42.5 Å². The van der Waals surface area contributed by atoms with E-state index in [2.05, 4.69) is 12.2 Å². The van der Waals surface area contributed by atoms with Crippen molar-refractivity contribution in [1.82, 2.24) is 5.32 Å². The zero-order valence-corrected chi connectivity index (χ0v) is 12.2. The van der Waals surface area contributed by atoms with Crippen LogP contribution in [-0.4, -0.2) is 7.11 Å². The summed E-state index contributed by atoms with van der Waals surface area (Å²) in [7, 11) is 1.65. The molecule has 0 amide bonds. The Balaban J connectivity index is 2.00. The molecule has 0 spiro atoms. The van der Waals surface area contributed by atoms with Gasteiger partial charge in [0.15, 0.2) is 0 Å². The third-order valence-corrected chi connectivity index (χ3v) is 3.48. The molecule has 2 nitrogen and oxygen atoms in total. The van der Waals surface area contributed by atoms with E-state index in [1.165, 1.54) is 6.07 Å². The fraction of sp³-hybridized carbons (Fsp3) is 0.250. The first-order valence-corrected chi connectivity index (χ1v) is 6.79. The van der Waals surface area contributed by atoms with Crippen LogP contribution in [0.4, 0.5) is 4.39 Å². The van der Waals surface area contributed by atoms with Gasteiger partial charge in [-0.2, -0.15) is 0 Å². The molecule has 1 N–H and O–H groups in total. The van der Waals surface area contributed by atoms with Crippen LogP contribution in [0.1, 0.15) is 24.1 Å². The Bertz CT molecular complexity index is 588. The quantitative estimate of drug-likeness (QED) is 0.885. The molecule has 0 aliphatic heterocycles. The van der Waals surface area contributed by atoms with Gasteiger partial charge in [0.05, 0.1) is 12.1 Å². The fourth-order valence-electron chi connectivity index (χ4n) is 1.95. The lowest BCUT2D eigenvalue weighted by Crippen LogP contribution is -2.18. The molecule has 0 fully saturated rings. The third-order valence-electron chi connectivity index (χ3n) is 3.19. The van der Waals surface area contributed by atoms with Crippen molar-refractivity contribution in [2.24, 2.45) is 0 Å². The Kier molecular flexibility index (Phi) is 4.99. The second-order valence-electron chi connectivity index (χ2n) is 4.63. The molecule has 0 radical (unpaired) electrons. The number of hydrogen-bond acceptors (Lipinski definition) is 2. The molecular formula is C16H17ClFNO. The van der Waals surface area contributed by atoms with E-state index in [1.54, 1.807) is 19.2 Å². The zero-order valence-electron chi connectivity index (χ0n) is 11.5. The first-order chi connectivity index (χ1) is 9.60. The number of halogens is 2. The van der Waals surface area contributed by atoms with E-state index >= 15 is 0 Å². The molecular weight excluding hydrogens is 277 g/mol. The average molecular weight is 294 g/mol. The van der Waals surface area contributed by atoms with Crippen LogP contribution in [0.25, 0.3) is 0 Å². The summed E-state index contributed by atoms with van der Waals surface area (Å²) in [5.74, 6) is 0.442. The van der Waals surface area contributed by atoms with Crippen LogP contribution < -0.4 is 10.1 Å². The zero-order chi connectivity index (χ0) is 14.5. The summed E-state index contributed by atoms with van der Waals surface area (Å²) in [6.07, 6.45) is 0. The lowest BCUT2D eigenvalue weighted by molar-refractivity contribution is 0.413. The molecule has 20 heavy (non-hydrogen) atoms. The third kappa shape index (κ3) is 3.71. The number of methoxy groups -OCH3 is 1. The molecule has 106 valence electrons. The van der Waals surface area contributed by atoms with E-state index in [0.29, 0.717) is 6.54 Å². The van der Waals surface area contributed by atoms with Gasteiger partial charge < -0.3 is 10.1 Å². The number of rotatable bonds is 5. The van der Waals surface area contributed by atoms with Gasteiger partial charge in [-0.3, -0.25) is 0 Å². The molecule has 2 aromatic rings. The van der Waals surface area contributed by atoms with Crippen molar-refractivity contribution in [1.29, 1.82) is 0 Å². The number of nitrogens with one attached hydrogen (secondary N) is 1. The Morgan fingerprint density at radius 2 is 2.05 bits per heavy atom. The van der Waals surface area contributed by atoms with E-state index in [-0.39, 0.29) is 11.1 Å². The highest BCUT2D eigenvalue weighted by Gasteiger charge is 2.07. The molecule has 1 atom stereocenters. The van der Waals surface area contributed by atoms with Gasteiger partial charge in [-0.1, -0.05) is 29.8 Å². The standard InChI is InChI=1S/C16H17ClFNO/c1-11(13-4-3-5-14(9-13)20-2)19-10-12-6-7-16(18)15(17)8-12/h3-9,11,19H,10H2,1-2H3. The molecule has 4 heteroatoms. The summed E-state index contributed by atoms with van der Waals surface area (Å²) in [6.45, 7) is 2.69. The summed E-state index contributed by atoms with van der Waals surface area (Å²) in [4.78, 5) is 0. The van der Waals surface area contributed by atoms with E-state index < -0.39 is 5.82 Å². The second-order valence-corrected chi connectivity index (χ2v) is 5.03. The van der Waals surface area contributed by atoms with Gasteiger partial charge in [-0.15, -0.1) is 0 Å². The highest BCUT2D eigenvalue weighted by atomic mass is 35.5. The molecule has 0 saturated carbocycles. The molecule has 2 rings (SSSR count). The molecule has 2 aromatic carbocycles. The van der Waals surface area contributed by atoms with E-state index in [9.17, 15) is 4.39 Å². The number of ether oxygens (including phenoxy) is 1. The molecule has 0 bridgehead atoms. The van der Waals surface area contributed by atoms with Gasteiger partial charge in [0, 0.05) is 12.6 Å². The SMILES string of the molecule is COc1cccc(C(C)NCc2ccc(F)c(Cl)c2)c1. The minimum Gasteiger partial charge on any atom is -0.497 e. The predicted octanol–water partition coefficient (Wildman–Crippen LogP) is 4.34. The van der Waals surface area contributed by atoms with Crippen molar-refractivity contribution in [3.63, 3.8) is 0 Å². The van der Waals surface area contributed by atoms with Crippen LogP contribution in [-0.2, 0) is 6.54 Å². The average Bonchev–Trinajstić information content (AvgIpc) is 2.48. The van der Waals surface area contributed by atoms with E-state index in [4.69, 9.17) is 16.3 Å². The maximum atomic E-state index is 13.1. The van der Waals surface area contributed by atoms with Crippen molar-refractivity contribution >= 4 is 11.6 Å². The van der Waals surface area contributed by atoms with Gasteiger partial charge in [-0.25, -0.2) is 4.39 Å². The first kappa shape index (κ1) is 14.8. The van der Waals surface area contributed by atoms with Crippen molar-refractivity contribution in [2.75, 3.05) is 7.11 Å². The Hall–Kier alpha value is -1.58. The van der Waals surface area contributed by atoms with Gasteiger partial charge in [0.25, 0.3) is 0 Å². The van der Waals surface area contributed by atoms with Crippen molar-refractivity contribution in [2.45, 2.75) is 19.5 Å². The largest absolute Gasteiger partial charge is 0.497 e. The molecule has 0 aliphatic carbocycles.